The fourth-order valence-electron chi connectivity index (χ4n) is 6.26. The molecule has 4 atom stereocenters. The van der Waals surface area contributed by atoms with Crippen molar-refractivity contribution in [3.05, 3.63) is 132 Å². The van der Waals surface area contributed by atoms with Gasteiger partial charge < -0.3 is 9.64 Å². The zero-order chi connectivity index (χ0) is 29.0. The number of fused-ring (bicyclic) bond motifs is 5. The Morgan fingerprint density at radius 1 is 0.738 bits per heavy atom. The Hall–Kier alpha value is -5.37. The molecule has 2 fully saturated rings. The topological polar surface area (TPSA) is 84.0 Å². The van der Waals surface area contributed by atoms with Crippen LogP contribution in [0.4, 0.5) is 15.8 Å². The van der Waals surface area contributed by atoms with Gasteiger partial charge in [-0.15, -0.1) is 0 Å². The van der Waals surface area contributed by atoms with Crippen molar-refractivity contribution in [2.75, 3.05) is 9.80 Å². The van der Waals surface area contributed by atoms with Gasteiger partial charge in [-0.25, -0.2) is 14.1 Å². The summed E-state index contributed by atoms with van der Waals surface area (Å²) in [6.07, 6.45) is 3.71. The second kappa shape index (κ2) is 9.92. The monoisotopic (exact) mass is 558 g/mol. The van der Waals surface area contributed by atoms with Gasteiger partial charge in [0.1, 0.15) is 17.6 Å². The van der Waals surface area contributed by atoms with Crippen LogP contribution in [0.25, 0.3) is 6.08 Å². The van der Waals surface area contributed by atoms with Gasteiger partial charge in [-0.2, -0.15) is 0 Å². The normalized spacial score (nSPS) is 22.0. The second-order valence-electron chi connectivity index (χ2n) is 10.4. The molecule has 0 radical (unpaired) electrons. The maximum atomic E-state index is 14.1. The van der Waals surface area contributed by atoms with Crippen molar-refractivity contribution in [3.8, 4) is 5.75 Å². The number of nitrogens with zero attached hydrogens (tertiary/aromatic N) is 2. The number of esters is 1. The van der Waals surface area contributed by atoms with Crippen LogP contribution < -0.4 is 14.5 Å². The molecule has 4 aromatic rings. The predicted molar refractivity (Wildman–Crippen MR) is 153 cm³/mol. The van der Waals surface area contributed by atoms with Gasteiger partial charge in [0.25, 0.3) is 0 Å². The summed E-state index contributed by atoms with van der Waals surface area (Å²) < 4.78 is 19.9. The van der Waals surface area contributed by atoms with Crippen LogP contribution >= 0.6 is 0 Å². The molecule has 3 aliphatic rings. The van der Waals surface area contributed by atoms with E-state index < -0.39 is 47.5 Å². The number of rotatable bonds is 5. The van der Waals surface area contributed by atoms with Crippen LogP contribution in [-0.4, -0.2) is 35.7 Å². The first-order chi connectivity index (χ1) is 20.4. The van der Waals surface area contributed by atoms with Gasteiger partial charge in [-0.3, -0.25) is 14.4 Å². The van der Waals surface area contributed by atoms with Gasteiger partial charge >= 0.3 is 5.97 Å². The Balaban J connectivity index is 1.23. The van der Waals surface area contributed by atoms with Crippen LogP contribution in [0.2, 0.25) is 0 Å². The average Bonchev–Trinajstić information content (AvgIpc) is 3.50. The van der Waals surface area contributed by atoms with E-state index in [0.29, 0.717) is 16.8 Å². The summed E-state index contributed by atoms with van der Waals surface area (Å²) in [7, 11) is 0. The van der Waals surface area contributed by atoms with E-state index in [1.165, 1.54) is 30.3 Å². The lowest BCUT2D eigenvalue weighted by atomic mass is 9.89. The molecule has 0 aromatic heterocycles. The van der Waals surface area contributed by atoms with Crippen molar-refractivity contribution < 1.29 is 28.3 Å². The van der Waals surface area contributed by atoms with Crippen LogP contribution in [0.3, 0.4) is 0 Å². The molecule has 2 saturated heterocycles. The van der Waals surface area contributed by atoms with Crippen molar-refractivity contribution in [1.82, 2.24) is 0 Å². The van der Waals surface area contributed by atoms with Gasteiger partial charge in [0.15, 0.2) is 5.78 Å². The quantitative estimate of drug-likeness (QED) is 0.148. The highest BCUT2D eigenvalue weighted by molar-refractivity contribution is 6.24. The highest BCUT2D eigenvalue weighted by Gasteiger charge is 2.65. The summed E-state index contributed by atoms with van der Waals surface area (Å²) in [5.41, 5.74) is 2.64. The zero-order valence-corrected chi connectivity index (χ0v) is 22.1. The predicted octanol–water partition coefficient (Wildman–Crippen LogP) is 5.05. The van der Waals surface area contributed by atoms with Crippen LogP contribution in [0.15, 0.2) is 109 Å². The number of para-hydroxylation sites is 1. The molecule has 2 amide bonds. The summed E-state index contributed by atoms with van der Waals surface area (Å²) in [6, 6.07) is 26.1. The average molecular weight is 559 g/mol. The molecule has 4 aromatic carbocycles. The SMILES string of the molecule is O=C(c1ccccc1)c1ccc(OC(=O)C2C3C(=O)N(c4cccc(F)c4)C(=O)C3C3C=Cc4ccccc4N32)cc1. The van der Waals surface area contributed by atoms with E-state index in [1.54, 1.807) is 41.3 Å². The molecule has 0 saturated carbocycles. The van der Waals surface area contributed by atoms with E-state index in [0.717, 1.165) is 16.5 Å². The molecule has 3 heterocycles. The minimum Gasteiger partial charge on any atom is -0.425 e. The lowest BCUT2D eigenvalue weighted by Gasteiger charge is -2.36. The van der Waals surface area contributed by atoms with Crippen LogP contribution in [0.1, 0.15) is 21.5 Å². The van der Waals surface area contributed by atoms with E-state index in [-0.39, 0.29) is 17.2 Å². The largest absolute Gasteiger partial charge is 0.425 e. The van der Waals surface area contributed by atoms with E-state index in [9.17, 15) is 23.6 Å². The van der Waals surface area contributed by atoms with Crippen LogP contribution in [0, 0.1) is 17.7 Å². The summed E-state index contributed by atoms with van der Waals surface area (Å²) in [5.74, 6) is -4.24. The van der Waals surface area contributed by atoms with Crippen molar-refractivity contribution in [1.29, 1.82) is 0 Å². The number of imide groups is 1. The van der Waals surface area contributed by atoms with Crippen molar-refractivity contribution in [2.45, 2.75) is 12.1 Å². The Kier molecular flexibility index (Phi) is 6.04. The number of hydrogen-bond donors (Lipinski definition) is 0. The van der Waals surface area contributed by atoms with Crippen molar-refractivity contribution in [2.24, 2.45) is 11.8 Å². The first kappa shape index (κ1) is 25.6. The Bertz CT molecular complexity index is 1790. The van der Waals surface area contributed by atoms with E-state index in [4.69, 9.17) is 4.74 Å². The van der Waals surface area contributed by atoms with Crippen LogP contribution in [-0.2, 0) is 14.4 Å². The third kappa shape index (κ3) is 4.03. The number of halogens is 1. The number of hydrogen-bond acceptors (Lipinski definition) is 6. The summed E-state index contributed by atoms with van der Waals surface area (Å²) in [4.78, 5) is 57.1. The minimum absolute atomic E-state index is 0.122. The molecule has 8 heteroatoms. The molecule has 42 heavy (non-hydrogen) atoms. The summed E-state index contributed by atoms with van der Waals surface area (Å²) in [5, 5.41) is 0. The molecule has 4 unspecified atom stereocenters. The maximum absolute atomic E-state index is 14.1. The van der Waals surface area contributed by atoms with Gasteiger partial charge in [0, 0.05) is 16.8 Å². The fourth-order valence-corrected chi connectivity index (χ4v) is 6.26. The maximum Gasteiger partial charge on any atom is 0.335 e. The number of carbonyl (C=O) groups is 4. The molecule has 0 bridgehead atoms. The first-order valence-corrected chi connectivity index (χ1v) is 13.5. The summed E-state index contributed by atoms with van der Waals surface area (Å²) in [6.45, 7) is 0. The van der Waals surface area contributed by atoms with Gasteiger partial charge in [-0.1, -0.05) is 66.7 Å². The lowest BCUT2D eigenvalue weighted by Crippen LogP contribution is -2.50. The zero-order valence-electron chi connectivity index (χ0n) is 22.1. The molecule has 0 spiro atoms. The van der Waals surface area contributed by atoms with Gasteiger partial charge in [0.2, 0.25) is 11.8 Å². The van der Waals surface area contributed by atoms with E-state index >= 15 is 0 Å². The highest BCUT2D eigenvalue weighted by Crippen LogP contribution is 2.49. The number of amides is 2. The van der Waals surface area contributed by atoms with E-state index in [2.05, 4.69) is 0 Å². The molecule has 206 valence electrons. The Morgan fingerprint density at radius 3 is 2.19 bits per heavy atom. The van der Waals surface area contributed by atoms with Crippen LogP contribution in [0.5, 0.6) is 5.75 Å². The molecule has 7 rings (SSSR count). The molecule has 3 aliphatic heterocycles. The van der Waals surface area contributed by atoms with E-state index in [1.807, 2.05) is 42.5 Å². The van der Waals surface area contributed by atoms with Crippen molar-refractivity contribution >= 4 is 41.0 Å². The smallest absolute Gasteiger partial charge is 0.335 e. The Labute approximate surface area is 240 Å². The standard InChI is InChI=1S/C34H23FN2O5/c35-23-10-6-11-24(19-23)36-32(39)28-27-18-15-20-7-4-5-12-26(20)37(27)30(29(28)33(36)40)34(41)42-25-16-13-22(14-17-25)31(38)21-8-2-1-3-9-21/h1-19,27-30H. The number of benzene rings is 4. The Morgan fingerprint density at radius 2 is 1.43 bits per heavy atom. The van der Waals surface area contributed by atoms with Gasteiger partial charge in [-0.05, 0) is 54.1 Å². The van der Waals surface area contributed by atoms with Gasteiger partial charge in [0.05, 0.1) is 23.6 Å². The summed E-state index contributed by atoms with van der Waals surface area (Å²) >= 11 is 0. The third-order valence-electron chi connectivity index (χ3n) is 8.09. The molecule has 0 aliphatic carbocycles. The third-order valence-corrected chi connectivity index (χ3v) is 8.09. The molecular weight excluding hydrogens is 535 g/mol. The van der Waals surface area contributed by atoms with Crippen molar-refractivity contribution in [3.63, 3.8) is 0 Å². The molecule has 0 N–H and O–H groups in total. The number of anilines is 2. The molecular formula is C34H23FN2O5. The fraction of sp³-hybridized carbons (Fsp3) is 0.118. The first-order valence-electron chi connectivity index (χ1n) is 13.5. The molecule has 7 nitrogen and oxygen atoms in total. The second-order valence-corrected chi connectivity index (χ2v) is 10.4. The minimum atomic E-state index is -1.12. The number of ketones is 1. The number of ether oxygens (including phenoxy) is 1. The highest BCUT2D eigenvalue weighted by atomic mass is 19.1. The lowest BCUT2D eigenvalue weighted by molar-refractivity contribution is -0.139. The number of carbonyl (C=O) groups excluding carboxylic acids is 4.